The lowest BCUT2D eigenvalue weighted by Crippen LogP contribution is -2.54. The molecule has 1 spiro atoms. The quantitative estimate of drug-likeness (QED) is 0.0703. The summed E-state index contributed by atoms with van der Waals surface area (Å²) >= 11 is 0. The number of carbonyl (C=O) groups excluding carboxylic acids is 1. The van der Waals surface area contributed by atoms with Gasteiger partial charge < -0.3 is 19.9 Å². The summed E-state index contributed by atoms with van der Waals surface area (Å²) in [5, 5.41) is 16.1. The molecule has 2 aromatic carbocycles. The molecule has 16 nitrogen and oxygen atoms in total. The standard InChI is InChI=1S/C51H63N9O7S2/c1-34(2)42-8-3-4-9-43(42)45-10-7-21-59(45)39-29-51(30-39)18-22-58(23-19-51)38-15-16-44(47(27-38)67-40-26-36-17-20-52-48(36)54-32-40)50(61)57-69(65,66)41-28-46(60(62)63)49(55-33-41)53-31-35-11-13-37(14-12-35)56-68(64)24-5-6-25-68/h3-4,8-9,15-17,20,26-28,32-35,37,39,45H,5-7,10-14,18-19,21-25,29-31H2,1-2H3,(H,52,54)(H,53,55)(H,57,61)/t35?,37?,45-/m0/s1. The first-order chi connectivity index (χ1) is 33.2. The second kappa shape index (κ2) is 19.3. The molecule has 5 aliphatic rings. The van der Waals surface area contributed by atoms with Crippen molar-refractivity contribution in [1.29, 1.82) is 0 Å². The van der Waals surface area contributed by atoms with Gasteiger partial charge in [0.2, 0.25) is 5.82 Å². The number of likely N-dealkylation sites (tertiary alicyclic amines) is 1. The highest BCUT2D eigenvalue weighted by atomic mass is 32.2. The number of carbonyl (C=O) groups is 1. The number of hydrogen-bond donors (Lipinski definition) is 3. The molecule has 1 atom stereocenters. The summed E-state index contributed by atoms with van der Waals surface area (Å²) in [5.74, 6) is 1.52. The molecule has 18 heteroatoms. The minimum Gasteiger partial charge on any atom is -0.455 e. The topological polar surface area (TPSA) is 205 Å². The molecule has 3 saturated heterocycles. The third kappa shape index (κ3) is 10.1. The Morgan fingerprint density at radius 2 is 1.74 bits per heavy atom. The first-order valence-corrected chi connectivity index (χ1v) is 28.1. The van der Waals surface area contributed by atoms with Crippen LogP contribution in [0.25, 0.3) is 11.0 Å². The van der Waals surface area contributed by atoms with Gasteiger partial charge in [-0.3, -0.25) is 19.8 Å². The van der Waals surface area contributed by atoms with E-state index in [1.54, 1.807) is 24.4 Å². The minimum absolute atomic E-state index is 0.0376. The Labute approximate surface area is 404 Å². The van der Waals surface area contributed by atoms with Crippen LogP contribution in [0, 0.1) is 21.4 Å². The van der Waals surface area contributed by atoms with Crippen molar-refractivity contribution in [2.45, 2.75) is 120 Å². The minimum atomic E-state index is -4.64. The molecule has 10 rings (SSSR count). The largest absolute Gasteiger partial charge is 0.455 e. The predicted octanol–water partition coefficient (Wildman–Crippen LogP) is 9.72. The van der Waals surface area contributed by atoms with E-state index in [1.807, 2.05) is 12.1 Å². The van der Waals surface area contributed by atoms with Crippen molar-refractivity contribution in [3.05, 3.63) is 106 Å². The normalized spacial score (nSPS) is 22.7. The van der Waals surface area contributed by atoms with Gasteiger partial charge in [-0.2, -0.15) is 0 Å². The van der Waals surface area contributed by atoms with Crippen molar-refractivity contribution in [3.63, 3.8) is 0 Å². The van der Waals surface area contributed by atoms with Crippen molar-refractivity contribution in [2.24, 2.45) is 15.7 Å². The van der Waals surface area contributed by atoms with Gasteiger partial charge in [0.1, 0.15) is 22.0 Å². The fraction of sp³-hybridized carbons (Fsp3) is 0.510. The molecule has 0 radical (unpaired) electrons. The first-order valence-electron chi connectivity index (χ1n) is 24.8. The SMILES string of the molecule is CC(C)c1ccccc1[C@@H]1CCCN1C1CC2(CCN(c3ccc(C(=O)NS(=O)(=O)c4cnc(NCC5CCC(N=S6(=O)CCCC6)CC5)c([N+](=O)[O-])c4)c(Oc4cnc5[nH]ccc5c4)c3)CC2)C1. The van der Waals surface area contributed by atoms with E-state index in [-0.39, 0.29) is 29.1 Å². The molecule has 3 aliphatic heterocycles. The van der Waals surface area contributed by atoms with Crippen LogP contribution in [0.4, 0.5) is 17.2 Å². The average molecular weight is 978 g/mol. The van der Waals surface area contributed by atoms with Gasteiger partial charge in [-0.25, -0.2) is 31.7 Å². The Hall–Kier alpha value is -5.59. The Kier molecular flexibility index (Phi) is 13.2. The third-order valence-corrected chi connectivity index (χ3v) is 19.4. The van der Waals surface area contributed by atoms with Crippen LogP contribution in [-0.2, 0) is 19.8 Å². The van der Waals surface area contributed by atoms with Gasteiger partial charge in [0.15, 0.2) is 0 Å². The van der Waals surface area contributed by atoms with Crippen molar-refractivity contribution in [3.8, 4) is 11.5 Å². The summed E-state index contributed by atoms with van der Waals surface area (Å²) in [6.07, 6.45) is 16.4. The number of aromatic nitrogens is 3. The molecule has 1 amide bonds. The smallest absolute Gasteiger partial charge is 0.312 e. The number of fused-ring (bicyclic) bond motifs is 1. The second-order valence-electron chi connectivity index (χ2n) is 20.4. The Morgan fingerprint density at radius 1 is 0.971 bits per heavy atom. The number of pyridine rings is 2. The number of nitrogens with one attached hydrogen (secondary N) is 3. The van der Waals surface area contributed by atoms with E-state index in [1.165, 1.54) is 43.0 Å². The number of hydrogen-bond acceptors (Lipinski definition) is 13. The number of nitrogens with zero attached hydrogens (tertiary/aromatic N) is 6. The number of nitro groups is 1. The van der Waals surface area contributed by atoms with Crippen molar-refractivity contribution in [2.75, 3.05) is 47.9 Å². The van der Waals surface area contributed by atoms with Crippen LogP contribution in [0.2, 0.25) is 0 Å². The number of sulfonamides is 1. The molecule has 5 aromatic rings. The molecule has 3 N–H and O–H groups in total. The highest BCUT2D eigenvalue weighted by molar-refractivity contribution is 7.93. The maximum Gasteiger partial charge on any atom is 0.312 e. The Bertz CT molecular complexity index is 2950. The number of anilines is 2. The van der Waals surface area contributed by atoms with Crippen LogP contribution in [0.15, 0.2) is 88.5 Å². The number of benzene rings is 2. The van der Waals surface area contributed by atoms with Crippen molar-refractivity contribution >= 4 is 53.9 Å². The summed E-state index contributed by atoms with van der Waals surface area (Å²) in [7, 11) is -6.72. The second-order valence-corrected chi connectivity index (χ2v) is 24.6. The van der Waals surface area contributed by atoms with Gasteiger partial charge in [0, 0.05) is 82.4 Å². The van der Waals surface area contributed by atoms with Crippen LogP contribution in [0.1, 0.15) is 124 Å². The molecule has 3 aromatic heterocycles. The zero-order valence-electron chi connectivity index (χ0n) is 39.5. The van der Waals surface area contributed by atoms with Gasteiger partial charge in [0.25, 0.3) is 15.9 Å². The van der Waals surface area contributed by atoms with Gasteiger partial charge in [-0.1, -0.05) is 38.1 Å². The van der Waals surface area contributed by atoms with Gasteiger partial charge in [0.05, 0.1) is 28.9 Å². The number of amides is 1. The molecule has 5 fully saturated rings. The van der Waals surface area contributed by atoms with Gasteiger partial charge >= 0.3 is 5.69 Å². The molecular weight excluding hydrogens is 915 g/mol. The lowest BCUT2D eigenvalue weighted by atomic mass is 9.59. The Morgan fingerprint density at radius 3 is 2.49 bits per heavy atom. The summed E-state index contributed by atoms with van der Waals surface area (Å²) < 4.78 is 53.8. The lowest BCUT2D eigenvalue weighted by molar-refractivity contribution is -0.384. The van der Waals surface area contributed by atoms with Crippen LogP contribution in [0.5, 0.6) is 11.5 Å². The van der Waals surface area contributed by atoms with Gasteiger partial charge in [-0.15, -0.1) is 0 Å². The molecule has 2 aliphatic carbocycles. The molecular formula is C51H63N9O7S2. The van der Waals surface area contributed by atoms with E-state index >= 15 is 0 Å². The summed E-state index contributed by atoms with van der Waals surface area (Å²) in [6, 6.07) is 19.8. The van der Waals surface area contributed by atoms with Crippen molar-refractivity contribution < 1.29 is 27.1 Å². The Balaban J connectivity index is 0.811. The molecule has 0 bridgehead atoms. The van der Waals surface area contributed by atoms with Gasteiger partial charge in [-0.05, 0) is 136 Å². The van der Waals surface area contributed by atoms with Crippen LogP contribution in [0.3, 0.4) is 0 Å². The maximum atomic E-state index is 14.0. The van der Waals surface area contributed by atoms with Crippen LogP contribution >= 0.6 is 0 Å². The fourth-order valence-corrected chi connectivity index (χ4v) is 15.1. The van der Waals surface area contributed by atoms with E-state index in [2.05, 4.69) is 72.9 Å². The van der Waals surface area contributed by atoms with E-state index in [0.717, 1.165) is 94.3 Å². The number of rotatable bonds is 14. The molecule has 69 heavy (non-hydrogen) atoms. The third-order valence-electron chi connectivity index (χ3n) is 15.5. The molecule has 366 valence electrons. The van der Waals surface area contributed by atoms with Crippen molar-refractivity contribution in [1.82, 2.24) is 24.6 Å². The lowest BCUT2D eigenvalue weighted by Gasteiger charge is -2.56. The predicted molar refractivity (Wildman–Crippen MR) is 268 cm³/mol. The van der Waals surface area contributed by atoms with E-state index < -0.39 is 41.2 Å². The molecule has 6 heterocycles. The van der Waals surface area contributed by atoms with E-state index in [0.29, 0.717) is 52.9 Å². The molecule has 0 unspecified atom stereocenters. The van der Waals surface area contributed by atoms with E-state index in [9.17, 15) is 27.5 Å². The summed E-state index contributed by atoms with van der Waals surface area (Å²) in [4.78, 5) is 41.9. The number of aromatic amines is 1. The summed E-state index contributed by atoms with van der Waals surface area (Å²) in [5.41, 5.74) is 4.20. The zero-order chi connectivity index (χ0) is 47.9. The average Bonchev–Trinajstić information content (AvgIpc) is 4.12. The van der Waals surface area contributed by atoms with E-state index in [4.69, 9.17) is 9.10 Å². The maximum absolute atomic E-state index is 14.0. The summed E-state index contributed by atoms with van der Waals surface area (Å²) in [6.45, 7) is 7.79. The number of piperidine rings is 1. The highest BCUT2D eigenvalue weighted by Crippen LogP contribution is 2.54. The zero-order valence-corrected chi connectivity index (χ0v) is 41.1. The first kappa shape index (κ1) is 47.1. The number of H-pyrrole nitrogens is 1. The fourth-order valence-electron chi connectivity index (χ4n) is 11.7. The van der Waals surface area contributed by atoms with Crippen LogP contribution < -0.4 is 19.7 Å². The monoisotopic (exact) mass is 977 g/mol. The van der Waals surface area contributed by atoms with Crippen LogP contribution in [-0.4, -0.2) is 93.1 Å². The molecule has 2 saturated carbocycles. The number of ether oxygens (including phenoxy) is 1. The highest BCUT2D eigenvalue weighted by Gasteiger charge is 2.50.